The van der Waals surface area contributed by atoms with Crippen LogP contribution in [0.5, 0.6) is 0 Å². The second kappa shape index (κ2) is 6.66. The number of benzene rings is 1. The van der Waals surface area contributed by atoms with Crippen LogP contribution in [0.25, 0.3) is 0 Å². The van der Waals surface area contributed by atoms with Gasteiger partial charge in [0.2, 0.25) is 0 Å². The Hall–Kier alpha value is -0.960. The molecule has 1 atom stereocenters. The lowest BCUT2D eigenvalue weighted by Gasteiger charge is -2.23. The lowest BCUT2D eigenvalue weighted by atomic mass is 9.94. The highest BCUT2D eigenvalue weighted by Gasteiger charge is 2.17. The standard InChI is InChI=1S/C16H20Cl2N2/c1-11-9-12(10-13(19-11)7-8-20(2)3)14-5-4-6-15(17)16(14)18/h4-6,9-10,12,19H,7-8H2,1-3H3. The van der Waals surface area contributed by atoms with Crippen molar-refractivity contribution in [2.45, 2.75) is 19.3 Å². The van der Waals surface area contributed by atoms with E-state index >= 15 is 0 Å². The third kappa shape index (κ3) is 3.78. The molecule has 108 valence electrons. The zero-order valence-corrected chi connectivity index (χ0v) is 13.6. The molecule has 1 aromatic rings. The molecule has 0 bridgehead atoms. The first-order valence-electron chi connectivity index (χ1n) is 6.72. The number of hydrogen-bond donors (Lipinski definition) is 1. The number of nitrogens with one attached hydrogen (secondary N) is 1. The molecule has 2 nitrogen and oxygen atoms in total. The number of halogens is 2. The molecule has 1 heterocycles. The summed E-state index contributed by atoms with van der Waals surface area (Å²) < 4.78 is 0. The van der Waals surface area contributed by atoms with E-state index in [0.29, 0.717) is 10.0 Å². The van der Waals surface area contributed by atoms with Gasteiger partial charge in [-0.3, -0.25) is 0 Å². The highest BCUT2D eigenvalue weighted by Crippen LogP contribution is 2.34. The van der Waals surface area contributed by atoms with Gasteiger partial charge in [0, 0.05) is 23.9 Å². The predicted octanol–water partition coefficient (Wildman–Crippen LogP) is 4.42. The quantitative estimate of drug-likeness (QED) is 0.885. The first-order chi connectivity index (χ1) is 9.47. The largest absolute Gasteiger partial charge is 0.363 e. The number of rotatable bonds is 4. The summed E-state index contributed by atoms with van der Waals surface area (Å²) in [6.45, 7) is 3.09. The molecule has 1 aromatic carbocycles. The normalized spacial score (nSPS) is 18.6. The summed E-state index contributed by atoms with van der Waals surface area (Å²) in [5.41, 5.74) is 3.45. The van der Waals surface area contributed by atoms with Gasteiger partial charge in [-0.15, -0.1) is 0 Å². The van der Waals surface area contributed by atoms with Gasteiger partial charge in [0.1, 0.15) is 0 Å². The van der Waals surface area contributed by atoms with Gasteiger partial charge >= 0.3 is 0 Å². The van der Waals surface area contributed by atoms with Crippen LogP contribution >= 0.6 is 23.2 Å². The van der Waals surface area contributed by atoms with Gasteiger partial charge in [-0.25, -0.2) is 0 Å². The second-order valence-corrected chi connectivity index (χ2v) is 6.17. The molecule has 1 N–H and O–H groups in total. The maximum atomic E-state index is 6.33. The highest BCUT2D eigenvalue weighted by atomic mass is 35.5. The van der Waals surface area contributed by atoms with Crippen molar-refractivity contribution in [2.75, 3.05) is 20.6 Å². The molecule has 0 saturated carbocycles. The number of allylic oxidation sites excluding steroid dienone is 3. The smallest absolute Gasteiger partial charge is 0.0633 e. The van der Waals surface area contributed by atoms with Crippen molar-refractivity contribution in [2.24, 2.45) is 0 Å². The Morgan fingerprint density at radius 1 is 1.20 bits per heavy atom. The van der Waals surface area contributed by atoms with E-state index in [0.717, 1.165) is 24.2 Å². The average Bonchev–Trinajstić information content (AvgIpc) is 2.39. The first-order valence-corrected chi connectivity index (χ1v) is 7.47. The third-order valence-electron chi connectivity index (χ3n) is 3.34. The molecule has 0 aliphatic carbocycles. The van der Waals surface area contributed by atoms with Gasteiger partial charge < -0.3 is 10.2 Å². The molecule has 1 unspecified atom stereocenters. The van der Waals surface area contributed by atoms with Crippen LogP contribution in [0.1, 0.15) is 24.8 Å². The molecule has 0 spiro atoms. The minimum Gasteiger partial charge on any atom is -0.363 e. The molecule has 0 fully saturated rings. The number of dihydropyridines is 1. The minimum absolute atomic E-state index is 0.180. The van der Waals surface area contributed by atoms with Crippen LogP contribution in [-0.2, 0) is 0 Å². The zero-order valence-electron chi connectivity index (χ0n) is 12.1. The van der Waals surface area contributed by atoms with Crippen molar-refractivity contribution in [3.05, 3.63) is 57.4 Å². The summed E-state index contributed by atoms with van der Waals surface area (Å²) in [4.78, 5) is 2.18. The summed E-state index contributed by atoms with van der Waals surface area (Å²) in [7, 11) is 4.16. The van der Waals surface area contributed by atoms with E-state index < -0.39 is 0 Å². The average molecular weight is 311 g/mol. The van der Waals surface area contributed by atoms with Crippen molar-refractivity contribution >= 4 is 23.2 Å². The van der Waals surface area contributed by atoms with Crippen molar-refractivity contribution in [1.29, 1.82) is 0 Å². The molecule has 4 heteroatoms. The lowest BCUT2D eigenvalue weighted by Crippen LogP contribution is -2.22. The SMILES string of the molecule is CC1=CC(c2cccc(Cl)c2Cl)C=C(CCN(C)C)N1. The fraction of sp³-hybridized carbons (Fsp3) is 0.375. The number of hydrogen-bond acceptors (Lipinski definition) is 2. The van der Waals surface area contributed by atoms with Gasteiger partial charge in [-0.1, -0.05) is 47.5 Å². The molecule has 0 saturated heterocycles. The van der Waals surface area contributed by atoms with E-state index in [9.17, 15) is 0 Å². The third-order valence-corrected chi connectivity index (χ3v) is 4.17. The van der Waals surface area contributed by atoms with E-state index in [1.165, 1.54) is 5.70 Å². The predicted molar refractivity (Wildman–Crippen MR) is 87.3 cm³/mol. The molecule has 2 rings (SSSR count). The van der Waals surface area contributed by atoms with E-state index in [1.54, 1.807) is 0 Å². The Labute approximate surface area is 131 Å². The zero-order chi connectivity index (χ0) is 14.7. The summed E-state index contributed by atoms with van der Waals surface area (Å²) in [6, 6.07) is 5.80. The molecule has 20 heavy (non-hydrogen) atoms. The summed E-state index contributed by atoms with van der Waals surface area (Å²) >= 11 is 12.4. The van der Waals surface area contributed by atoms with Gasteiger partial charge in [-0.2, -0.15) is 0 Å². The fourth-order valence-corrected chi connectivity index (χ4v) is 2.75. The number of nitrogens with zero attached hydrogens (tertiary/aromatic N) is 1. The minimum atomic E-state index is 0.180. The van der Waals surface area contributed by atoms with Crippen LogP contribution in [0.15, 0.2) is 41.7 Å². The summed E-state index contributed by atoms with van der Waals surface area (Å²) in [5, 5.41) is 4.68. The monoisotopic (exact) mass is 310 g/mol. The van der Waals surface area contributed by atoms with E-state index in [1.807, 2.05) is 18.2 Å². The first kappa shape index (κ1) is 15.4. The van der Waals surface area contributed by atoms with Crippen LogP contribution in [0.3, 0.4) is 0 Å². The maximum Gasteiger partial charge on any atom is 0.0633 e. The maximum absolute atomic E-state index is 6.33. The van der Waals surface area contributed by atoms with Crippen LogP contribution in [0, 0.1) is 0 Å². The molecule has 0 radical (unpaired) electrons. The van der Waals surface area contributed by atoms with Crippen molar-refractivity contribution in [1.82, 2.24) is 10.2 Å². The van der Waals surface area contributed by atoms with Crippen LogP contribution in [0.4, 0.5) is 0 Å². The topological polar surface area (TPSA) is 15.3 Å². The molecule has 1 aliphatic heterocycles. The van der Waals surface area contributed by atoms with Crippen molar-refractivity contribution in [3.63, 3.8) is 0 Å². The van der Waals surface area contributed by atoms with Gasteiger partial charge in [0.05, 0.1) is 10.0 Å². The Balaban J connectivity index is 2.25. The molecule has 0 aromatic heterocycles. The molecular formula is C16H20Cl2N2. The Morgan fingerprint density at radius 3 is 2.65 bits per heavy atom. The van der Waals surface area contributed by atoms with Crippen LogP contribution in [0.2, 0.25) is 10.0 Å². The van der Waals surface area contributed by atoms with Gasteiger partial charge in [-0.05, 0) is 39.1 Å². The van der Waals surface area contributed by atoms with E-state index in [4.69, 9.17) is 23.2 Å². The lowest BCUT2D eigenvalue weighted by molar-refractivity contribution is 0.409. The summed E-state index contributed by atoms with van der Waals surface area (Å²) in [5.74, 6) is 0.180. The second-order valence-electron chi connectivity index (χ2n) is 5.39. The van der Waals surface area contributed by atoms with Gasteiger partial charge in [0.15, 0.2) is 0 Å². The van der Waals surface area contributed by atoms with Crippen LogP contribution in [-0.4, -0.2) is 25.5 Å². The van der Waals surface area contributed by atoms with Crippen molar-refractivity contribution in [3.8, 4) is 0 Å². The molecule has 1 aliphatic rings. The van der Waals surface area contributed by atoms with E-state index in [-0.39, 0.29) is 5.92 Å². The summed E-state index contributed by atoms with van der Waals surface area (Å²) in [6.07, 6.45) is 5.40. The Morgan fingerprint density at radius 2 is 1.95 bits per heavy atom. The Kier molecular flexibility index (Phi) is 5.14. The Bertz CT molecular complexity index is 547. The van der Waals surface area contributed by atoms with Crippen LogP contribution < -0.4 is 5.32 Å². The van der Waals surface area contributed by atoms with E-state index in [2.05, 4.69) is 43.4 Å². The fourth-order valence-electron chi connectivity index (χ4n) is 2.32. The molecule has 0 amide bonds. The highest BCUT2D eigenvalue weighted by molar-refractivity contribution is 6.42. The molecular weight excluding hydrogens is 291 g/mol. The van der Waals surface area contributed by atoms with Gasteiger partial charge in [0.25, 0.3) is 0 Å². The van der Waals surface area contributed by atoms with Crippen molar-refractivity contribution < 1.29 is 0 Å².